The number of carbonyl (C=O) groups excluding carboxylic acids is 1. The Bertz CT molecular complexity index is 1060. The number of hydrogen-bond acceptors (Lipinski definition) is 5. The lowest BCUT2D eigenvalue weighted by atomic mass is 10.1. The number of alkyl halides is 2. The normalized spacial score (nSPS) is 11.9. The minimum Gasteiger partial charge on any atom is -0.493 e. The van der Waals surface area contributed by atoms with Crippen LogP contribution in [0.2, 0.25) is 0 Å². The van der Waals surface area contributed by atoms with E-state index in [0.717, 1.165) is 4.57 Å². The summed E-state index contributed by atoms with van der Waals surface area (Å²) in [6.07, 6.45) is 0. The number of Topliss-reactive ketones (excluding diaryl/α,β-unsaturated/α-hetero) is 1. The molecule has 0 aliphatic rings. The van der Waals surface area contributed by atoms with E-state index < -0.39 is 6.55 Å². The zero-order valence-corrected chi connectivity index (χ0v) is 16.4. The lowest BCUT2D eigenvalue weighted by molar-refractivity contribution is 0.0735. The summed E-state index contributed by atoms with van der Waals surface area (Å²) < 4.78 is 33.5. The topological polar surface area (TPSA) is 65.7 Å². The van der Waals surface area contributed by atoms with Crippen LogP contribution < -0.4 is 4.74 Å². The maximum atomic E-state index is 13.6. The SMILES string of the molecule is CCOc1ccc(C(C)=O)cc1CON=C(C)c1nc2ccccc2n1C(F)F. The Hall–Kier alpha value is -3.29. The van der Waals surface area contributed by atoms with Gasteiger partial charge in [-0.25, -0.2) is 4.98 Å². The molecule has 0 saturated heterocycles. The van der Waals surface area contributed by atoms with Gasteiger partial charge in [0.25, 0.3) is 0 Å². The lowest BCUT2D eigenvalue weighted by Gasteiger charge is -2.11. The molecule has 1 aromatic heterocycles. The summed E-state index contributed by atoms with van der Waals surface area (Å²) in [6, 6.07) is 11.7. The number of para-hydroxylation sites is 2. The smallest absolute Gasteiger partial charge is 0.320 e. The Balaban J connectivity index is 1.86. The molecule has 0 spiro atoms. The highest BCUT2D eigenvalue weighted by atomic mass is 19.3. The average Bonchev–Trinajstić information content (AvgIpc) is 3.09. The van der Waals surface area contributed by atoms with Gasteiger partial charge in [-0.05, 0) is 51.1 Å². The number of imidazole rings is 1. The Morgan fingerprint density at radius 1 is 1.21 bits per heavy atom. The summed E-state index contributed by atoms with van der Waals surface area (Å²) in [6.45, 7) is 2.57. The molecular formula is C21H21F2N3O3. The maximum Gasteiger partial charge on any atom is 0.320 e. The molecule has 0 N–H and O–H groups in total. The molecule has 8 heteroatoms. The highest BCUT2D eigenvalue weighted by molar-refractivity contribution is 5.98. The van der Waals surface area contributed by atoms with Crippen molar-refractivity contribution in [3.63, 3.8) is 0 Å². The van der Waals surface area contributed by atoms with Crippen molar-refractivity contribution in [3.05, 3.63) is 59.4 Å². The van der Waals surface area contributed by atoms with E-state index in [-0.39, 0.29) is 23.9 Å². The van der Waals surface area contributed by atoms with Gasteiger partial charge in [0, 0.05) is 11.1 Å². The summed E-state index contributed by atoms with van der Waals surface area (Å²) >= 11 is 0. The van der Waals surface area contributed by atoms with E-state index in [4.69, 9.17) is 9.57 Å². The van der Waals surface area contributed by atoms with Crippen molar-refractivity contribution in [2.45, 2.75) is 33.9 Å². The molecule has 0 aliphatic heterocycles. The highest BCUT2D eigenvalue weighted by Gasteiger charge is 2.19. The molecule has 0 saturated carbocycles. The summed E-state index contributed by atoms with van der Waals surface area (Å²) in [4.78, 5) is 21.3. The Morgan fingerprint density at radius 3 is 2.66 bits per heavy atom. The summed E-state index contributed by atoms with van der Waals surface area (Å²) in [5, 5.41) is 3.96. The van der Waals surface area contributed by atoms with Crippen LogP contribution in [-0.4, -0.2) is 27.7 Å². The fraction of sp³-hybridized carbons (Fsp3) is 0.286. The van der Waals surface area contributed by atoms with Crippen LogP contribution in [0.4, 0.5) is 8.78 Å². The molecule has 6 nitrogen and oxygen atoms in total. The Labute approximate surface area is 166 Å². The first-order valence-corrected chi connectivity index (χ1v) is 9.11. The van der Waals surface area contributed by atoms with E-state index >= 15 is 0 Å². The predicted octanol–water partition coefficient (Wildman–Crippen LogP) is 4.97. The predicted molar refractivity (Wildman–Crippen MR) is 106 cm³/mol. The van der Waals surface area contributed by atoms with Crippen molar-refractivity contribution in [3.8, 4) is 5.75 Å². The number of benzene rings is 2. The van der Waals surface area contributed by atoms with Crippen molar-refractivity contribution >= 4 is 22.5 Å². The third-order valence-corrected chi connectivity index (χ3v) is 4.30. The minimum absolute atomic E-state index is 0.0166. The third kappa shape index (κ3) is 4.42. The van der Waals surface area contributed by atoms with Crippen molar-refractivity contribution in [1.29, 1.82) is 0 Å². The average molecular weight is 401 g/mol. The van der Waals surface area contributed by atoms with Crippen LogP contribution in [0, 0.1) is 0 Å². The second-order valence-electron chi connectivity index (χ2n) is 6.33. The molecule has 0 radical (unpaired) electrons. The van der Waals surface area contributed by atoms with Crippen LogP contribution in [0.25, 0.3) is 11.0 Å². The number of oxime groups is 1. The number of nitrogens with zero attached hydrogens (tertiary/aromatic N) is 3. The highest BCUT2D eigenvalue weighted by Crippen LogP contribution is 2.24. The zero-order valence-electron chi connectivity index (χ0n) is 16.4. The van der Waals surface area contributed by atoms with Gasteiger partial charge in [-0.3, -0.25) is 9.36 Å². The number of halogens is 2. The van der Waals surface area contributed by atoms with E-state index in [0.29, 0.717) is 34.5 Å². The van der Waals surface area contributed by atoms with Gasteiger partial charge >= 0.3 is 6.55 Å². The first kappa shape index (κ1) is 20.4. The van der Waals surface area contributed by atoms with E-state index in [1.165, 1.54) is 6.92 Å². The first-order chi connectivity index (χ1) is 13.9. The van der Waals surface area contributed by atoms with Crippen LogP contribution in [0.5, 0.6) is 5.75 Å². The largest absolute Gasteiger partial charge is 0.493 e. The molecule has 0 amide bonds. The molecule has 0 fully saturated rings. The van der Waals surface area contributed by atoms with Crippen LogP contribution in [0.1, 0.15) is 49.1 Å². The van der Waals surface area contributed by atoms with Crippen LogP contribution in [-0.2, 0) is 11.4 Å². The van der Waals surface area contributed by atoms with Gasteiger partial charge in [-0.2, -0.15) is 8.78 Å². The molecule has 1 heterocycles. The number of hydrogen-bond donors (Lipinski definition) is 0. The van der Waals surface area contributed by atoms with Crippen molar-refractivity contribution < 1.29 is 23.1 Å². The number of carbonyl (C=O) groups is 1. The van der Waals surface area contributed by atoms with E-state index in [1.54, 1.807) is 49.4 Å². The number of rotatable bonds is 8. The molecule has 152 valence electrons. The fourth-order valence-electron chi connectivity index (χ4n) is 2.94. The number of ketones is 1. The molecular weight excluding hydrogens is 380 g/mol. The summed E-state index contributed by atoms with van der Waals surface area (Å²) in [5.41, 5.74) is 2.14. The molecule has 0 unspecified atom stereocenters. The Kier molecular flexibility index (Phi) is 6.21. The maximum absolute atomic E-state index is 13.6. The molecule has 0 atom stereocenters. The van der Waals surface area contributed by atoms with E-state index in [1.807, 2.05) is 6.92 Å². The monoisotopic (exact) mass is 401 g/mol. The van der Waals surface area contributed by atoms with Crippen LogP contribution >= 0.6 is 0 Å². The summed E-state index contributed by atoms with van der Waals surface area (Å²) in [7, 11) is 0. The Morgan fingerprint density at radius 2 is 1.97 bits per heavy atom. The van der Waals surface area contributed by atoms with Gasteiger partial charge in [0.2, 0.25) is 0 Å². The van der Waals surface area contributed by atoms with E-state index in [2.05, 4.69) is 10.1 Å². The molecule has 0 aliphatic carbocycles. The van der Waals surface area contributed by atoms with Crippen molar-refractivity contribution in [1.82, 2.24) is 9.55 Å². The van der Waals surface area contributed by atoms with Crippen LogP contribution in [0.3, 0.4) is 0 Å². The molecule has 3 aromatic rings. The third-order valence-electron chi connectivity index (χ3n) is 4.30. The molecule has 0 bridgehead atoms. The fourth-order valence-corrected chi connectivity index (χ4v) is 2.94. The van der Waals surface area contributed by atoms with Gasteiger partial charge in [0.1, 0.15) is 18.1 Å². The van der Waals surface area contributed by atoms with Crippen molar-refractivity contribution in [2.24, 2.45) is 5.16 Å². The van der Waals surface area contributed by atoms with Gasteiger partial charge in [0.15, 0.2) is 11.6 Å². The standard InChI is InChI=1S/C21H21F2N3O3/c1-4-28-19-10-9-15(14(3)27)11-16(19)12-29-25-13(2)20-24-17-7-5-6-8-18(17)26(20)21(22)23/h5-11,21H,4,12H2,1-3H3. The van der Waals surface area contributed by atoms with Gasteiger partial charge in [0.05, 0.1) is 17.6 Å². The lowest BCUT2D eigenvalue weighted by Crippen LogP contribution is -2.10. The quantitative estimate of drug-likeness (QED) is 0.304. The number of fused-ring (bicyclic) bond motifs is 1. The molecule has 3 rings (SSSR count). The first-order valence-electron chi connectivity index (χ1n) is 9.11. The van der Waals surface area contributed by atoms with E-state index in [9.17, 15) is 13.6 Å². The van der Waals surface area contributed by atoms with Gasteiger partial charge < -0.3 is 9.57 Å². The number of ether oxygens (including phenoxy) is 1. The molecule has 2 aromatic carbocycles. The second-order valence-corrected chi connectivity index (χ2v) is 6.33. The second kappa shape index (κ2) is 8.81. The van der Waals surface area contributed by atoms with Gasteiger partial charge in [-0.15, -0.1) is 0 Å². The minimum atomic E-state index is -2.76. The molecule has 29 heavy (non-hydrogen) atoms. The van der Waals surface area contributed by atoms with Gasteiger partial charge in [-0.1, -0.05) is 17.3 Å². The zero-order chi connectivity index (χ0) is 21.0. The summed E-state index contributed by atoms with van der Waals surface area (Å²) in [5.74, 6) is 0.522. The van der Waals surface area contributed by atoms with Crippen LogP contribution in [0.15, 0.2) is 47.6 Å². The number of aromatic nitrogens is 2. The van der Waals surface area contributed by atoms with Crippen molar-refractivity contribution in [2.75, 3.05) is 6.61 Å².